The van der Waals surface area contributed by atoms with E-state index in [-0.39, 0.29) is 0 Å². The van der Waals surface area contributed by atoms with Gasteiger partial charge in [-0.15, -0.1) is 0 Å². The summed E-state index contributed by atoms with van der Waals surface area (Å²) in [7, 11) is 0. The predicted molar refractivity (Wildman–Crippen MR) is 87.3 cm³/mol. The van der Waals surface area contributed by atoms with Crippen LogP contribution in [0.4, 0.5) is 5.82 Å². The zero-order valence-electron chi connectivity index (χ0n) is 12.1. The summed E-state index contributed by atoms with van der Waals surface area (Å²) in [5.74, 6) is 1.01. The minimum Gasteiger partial charge on any atom is -0.356 e. The quantitative estimate of drug-likeness (QED) is 0.728. The number of nitrogens with zero attached hydrogens (tertiary/aromatic N) is 5. The number of rotatable bonds is 2. The fraction of sp³-hybridized carbons (Fsp3) is 0.312. The van der Waals surface area contributed by atoms with Crippen LogP contribution in [0.1, 0.15) is 18.9 Å². The van der Waals surface area contributed by atoms with Gasteiger partial charge >= 0.3 is 0 Å². The van der Waals surface area contributed by atoms with Crippen molar-refractivity contribution in [3.8, 4) is 0 Å². The highest BCUT2D eigenvalue weighted by molar-refractivity contribution is 6.31. The van der Waals surface area contributed by atoms with Gasteiger partial charge in [-0.05, 0) is 31.0 Å². The molecule has 22 heavy (non-hydrogen) atoms. The van der Waals surface area contributed by atoms with Crippen LogP contribution in [0.15, 0.2) is 43.2 Å². The van der Waals surface area contributed by atoms with Crippen LogP contribution in [0.25, 0.3) is 10.9 Å². The second kappa shape index (κ2) is 5.57. The Morgan fingerprint density at radius 3 is 2.77 bits per heavy atom. The number of hydrogen-bond acceptors (Lipinski definition) is 4. The summed E-state index contributed by atoms with van der Waals surface area (Å²) in [5, 5.41) is 1.77. The molecule has 0 N–H and O–H groups in total. The van der Waals surface area contributed by atoms with Crippen molar-refractivity contribution in [1.29, 1.82) is 0 Å². The summed E-state index contributed by atoms with van der Waals surface area (Å²) in [5.41, 5.74) is 0.897. The van der Waals surface area contributed by atoms with E-state index in [1.165, 1.54) is 0 Å². The molecule has 1 saturated heterocycles. The smallest absolute Gasteiger partial charge is 0.139 e. The number of fused-ring (bicyclic) bond motifs is 1. The van der Waals surface area contributed by atoms with E-state index in [1.54, 1.807) is 6.33 Å². The van der Waals surface area contributed by atoms with Gasteiger partial charge in [-0.2, -0.15) is 0 Å². The molecule has 3 heterocycles. The Labute approximate surface area is 133 Å². The molecule has 4 rings (SSSR count). The Morgan fingerprint density at radius 2 is 2.00 bits per heavy atom. The number of piperidine rings is 1. The van der Waals surface area contributed by atoms with Gasteiger partial charge in [0.2, 0.25) is 0 Å². The molecule has 1 fully saturated rings. The van der Waals surface area contributed by atoms with E-state index in [4.69, 9.17) is 11.6 Å². The standard InChI is InChI=1S/C16H16ClN5/c17-12-1-2-14-15(9-12)19-10-20-16(14)21-6-3-13(4-7-21)22-8-5-18-11-22/h1-2,5,8-11,13H,3-4,6-7H2. The van der Waals surface area contributed by atoms with Crippen LogP contribution in [0, 0.1) is 0 Å². The first-order valence-corrected chi connectivity index (χ1v) is 7.82. The first kappa shape index (κ1) is 13.5. The van der Waals surface area contributed by atoms with Gasteiger partial charge in [0.05, 0.1) is 11.8 Å². The molecular formula is C16H16ClN5. The third kappa shape index (κ3) is 2.41. The highest BCUT2D eigenvalue weighted by atomic mass is 35.5. The van der Waals surface area contributed by atoms with Crippen LogP contribution in [0.3, 0.4) is 0 Å². The molecule has 6 heteroatoms. The molecule has 0 aliphatic carbocycles. The molecule has 0 radical (unpaired) electrons. The third-order valence-corrected chi connectivity index (χ3v) is 4.52. The van der Waals surface area contributed by atoms with E-state index in [2.05, 4.69) is 24.4 Å². The minimum absolute atomic E-state index is 0.529. The summed E-state index contributed by atoms with van der Waals surface area (Å²) in [4.78, 5) is 15.3. The SMILES string of the molecule is Clc1ccc2c(N3CCC(n4ccnc4)CC3)ncnc2c1. The lowest BCUT2D eigenvalue weighted by Gasteiger charge is -2.33. The fourth-order valence-electron chi connectivity index (χ4n) is 3.13. The summed E-state index contributed by atoms with van der Waals surface area (Å²) in [6, 6.07) is 6.32. The van der Waals surface area contributed by atoms with Crippen molar-refractivity contribution in [2.24, 2.45) is 0 Å². The van der Waals surface area contributed by atoms with Crippen LogP contribution in [0.2, 0.25) is 5.02 Å². The maximum absolute atomic E-state index is 6.05. The number of benzene rings is 1. The zero-order chi connectivity index (χ0) is 14.9. The Hall–Kier alpha value is -2.14. The topological polar surface area (TPSA) is 46.8 Å². The average Bonchev–Trinajstić information content (AvgIpc) is 3.09. The molecule has 0 bridgehead atoms. The van der Waals surface area contributed by atoms with Crippen LogP contribution >= 0.6 is 11.6 Å². The molecule has 0 spiro atoms. The molecule has 112 valence electrons. The van der Waals surface area contributed by atoms with Gasteiger partial charge in [-0.3, -0.25) is 0 Å². The lowest BCUT2D eigenvalue weighted by molar-refractivity contribution is 0.395. The van der Waals surface area contributed by atoms with Crippen molar-refractivity contribution in [2.45, 2.75) is 18.9 Å². The number of halogens is 1. The van der Waals surface area contributed by atoms with Crippen LogP contribution in [0.5, 0.6) is 0 Å². The number of imidazole rings is 1. The monoisotopic (exact) mass is 313 g/mol. The molecule has 0 amide bonds. The maximum atomic E-state index is 6.05. The van der Waals surface area contributed by atoms with Gasteiger partial charge in [0.1, 0.15) is 12.1 Å². The molecule has 1 aromatic carbocycles. The van der Waals surface area contributed by atoms with Gasteiger partial charge in [-0.25, -0.2) is 15.0 Å². The summed E-state index contributed by atoms with van der Waals surface area (Å²) in [6.07, 6.45) is 9.60. The number of aromatic nitrogens is 4. The van der Waals surface area contributed by atoms with Gasteiger partial charge < -0.3 is 9.47 Å². The highest BCUT2D eigenvalue weighted by Gasteiger charge is 2.22. The van der Waals surface area contributed by atoms with Crippen LogP contribution in [-0.2, 0) is 0 Å². The molecule has 3 aromatic rings. The van der Waals surface area contributed by atoms with E-state index in [1.807, 2.05) is 36.9 Å². The Bertz CT molecular complexity index is 778. The molecule has 5 nitrogen and oxygen atoms in total. The first-order valence-electron chi connectivity index (χ1n) is 7.44. The normalized spacial score (nSPS) is 16.3. The predicted octanol–water partition coefficient (Wildman–Crippen LogP) is 3.32. The van der Waals surface area contributed by atoms with Crippen molar-refractivity contribution in [3.63, 3.8) is 0 Å². The Kier molecular flexibility index (Phi) is 3.42. The average molecular weight is 314 g/mol. The fourth-order valence-corrected chi connectivity index (χ4v) is 3.30. The lowest BCUT2D eigenvalue weighted by atomic mass is 10.0. The summed E-state index contributed by atoms with van der Waals surface area (Å²) in [6.45, 7) is 1.97. The molecular weight excluding hydrogens is 298 g/mol. The lowest BCUT2D eigenvalue weighted by Crippen LogP contribution is -2.35. The van der Waals surface area contributed by atoms with Crippen molar-refractivity contribution >= 4 is 28.3 Å². The molecule has 0 unspecified atom stereocenters. The Balaban J connectivity index is 1.59. The van der Waals surface area contributed by atoms with Gasteiger partial charge in [0, 0.05) is 41.9 Å². The Morgan fingerprint density at radius 1 is 1.14 bits per heavy atom. The van der Waals surface area contributed by atoms with Crippen molar-refractivity contribution < 1.29 is 0 Å². The largest absolute Gasteiger partial charge is 0.356 e. The van der Waals surface area contributed by atoms with E-state index in [9.17, 15) is 0 Å². The second-order valence-electron chi connectivity index (χ2n) is 5.59. The van der Waals surface area contributed by atoms with E-state index in [0.29, 0.717) is 11.1 Å². The second-order valence-corrected chi connectivity index (χ2v) is 6.02. The number of hydrogen-bond donors (Lipinski definition) is 0. The van der Waals surface area contributed by atoms with Crippen molar-refractivity contribution in [3.05, 3.63) is 48.3 Å². The maximum Gasteiger partial charge on any atom is 0.139 e. The summed E-state index contributed by atoms with van der Waals surface area (Å²) >= 11 is 6.05. The van der Waals surface area contributed by atoms with Crippen LogP contribution < -0.4 is 4.90 Å². The van der Waals surface area contributed by atoms with Gasteiger partial charge in [0.15, 0.2) is 0 Å². The highest BCUT2D eigenvalue weighted by Crippen LogP contribution is 2.30. The molecule has 1 aliphatic heterocycles. The third-order valence-electron chi connectivity index (χ3n) is 4.29. The van der Waals surface area contributed by atoms with E-state index in [0.717, 1.165) is 42.7 Å². The number of anilines is 1. The van der Waals surface area contributed by atoms with Gasteiger partial charge in [-0.1, -0.05) is 11.6 Å². The minimum atomic E-state index is 0.529. The van der Waals surface area contributed by atoms with E-state index < -0.39 is 0 Å². The molecule has 0 saturated carbocycles. The van der Waals surface area contributed by atoms with Crippen LogP contribution in [-0.4, -0.2) is 32.6 Å². The summed E-state index contributed by atoms with van der Waals surface area (Å²) < 4.78 is 2.20. The molecule has 0 atom stereocenters. The first-order chi connectivity index (χ1) is 10.8. The zero-order valence-corrected chi connectivity index (χ0v) is 12.8. The molecule has 2 aromatic heterocycles. The molecule has 1 aliphatic rings. The van der Waals surface area contributed by atoms with Crippen molar-refractivity contribution in [2.75, 3.05) is 18.0 Å². The van der Waals surface area contributed by atoms with Gasteiger partial charge in [0.25, 0.3) is 0 Å². The van der Waals surface area contributed by atoms with E-state index >= 15 is 0 Å². The van der Waals surface area contributed by atoms with Crippen molar-refractivity contribution in [1.82, 2.24) is 19.5 Å².